The smallest absolute Gasteiger partial charge is 0.225 e. The summed E-state index contributed by atoms with van der Waals surface area (Å²) in [5, 5.41) is 8.54. The molecule has 0 fully saturated rings. The second kappa shape index (κ2) is 6.49. The fraction of sp³-hybridized carbons (Fsp3) is 0.833. The van der Waals surface area contributed by atoms with Gasteiger partial charge in [-0.2, -0.15) is 5.26 Å². The molecule has 0 aromatic carbocycles. The van der Waals surface area contributed by atoms with Crippen LogP contribution in [-0.4, -0.2) is 36.1 Å². The van der Waals surface area contributed by atoms with Crippen molar-refractivity contribution in [3.05, 3.63) is 0 Å². The van der Waals surface area contributed by atoms with Crippen LogP contribution in [0.15, 0.2) is 0 Å². The van der Waals surface area contributed by atoms with Crippen molar-refractivity contribution in [1.82, 2.24) is 4.90 Å². The van der Waals surface area contributed by atoms with Crippen molar-refractivity contribution in [2.45, 2.75) is 52.2 Å². The minimum atomic E-state index is -0.448. The lowest BCUT2D eigenvalue weighted by Crippen LogP contribution is -2.41. The van der Waals surface area contributed by atoms with Crippen LogP contribution >= 0.6 is 0 Å². The fourth-order valence-electron chi connectivity index (χ4n) is 1.38. The molecule has 0 heterocycles. The van der Waals surface area contributed by atoms with Gasteiger partial charge in [0.25, 0.3) is 0 Å². The third-order valence-electron chi connectivity index (χ3n) is 2.54. The van der Waals surface area contributed by atoms with Gasteiger partial charge in [-0.1, -0.05) is 0 Å². The molecule has 0 spiro atoms. The molecule has 0 aromatic heterocycles. The molecule has 4 heteroatoms. The number of nitrogens with zero attached hydrogens (tertiary/aromatic N) is 2. The average molecular weight is 226 g/mol. The minimum Gasteiger partial charge on any atom is -0.378 e. The Hall–Kier alpha value is -1.08. The van der Waals surface area contributed by atoms with E-state index in [1.54, 1.807) is 12.0 Å². The largest absolute Gasteiger partial charge is 0.378 e. The number of hydrogen-bond donors (Lipinski definition) is 0. The van der Waals surface area contributed by atoms with Gasteiger partial charge >= 0.3 is 0 Å². The van der Waals surface area contributed by atoms with Crippen LogP contribution in [0.3, 0.4) is 0 Å². The molecule has 0 saturated heterocycles. The first kappa shape index (κ1) is 14.9. The summed E-state index contributed by atoms with van der Waals surface area (Å²) < 4.78 is 5.23. The lowest BCUT2D eigenvalue weighted by Gasteiger charge is -2.30. The molecule has 0 rings (SSSR count). The van der Waals surface area contributed by atoms with Crippen LogP contribution in [0.4, 0.5) is 0 Å². The number of rotatable bonds is 6. The molecule has 0 atom stereocenters. The van der Waals surface area contributed by atoms with Gasteiger partial charge in [-0.25, -0.2) is 0 Å². The quantitative estimate of drug-likeness (QED) is 0.695. The molecule has 0 unspecified atom stereocenters. The van der Waals surface area contributed by atoms with Gasteiger partial charge in [-0.3, -0.25) is 4.79 Å². The van der Waals surface area contributed by atoms with Crippen molar-refractivity contribution in [3.8, 4) is 6.07 Å². The molecule has 0 aliphatic carbocycles. The van der Waals surface area contributed by atoms with Gasteiger partial charge < -0.3 is 9.64 Å². The van der Waals surface area contributed by atoms with E-state index >= 15 is 0 Å². The van der Waals surface area contributed by atoms with E-state index < -0.39 is 5.60 Å². The second-order valence-corrected chi connectivity index (χ2v) is 4.73. The van der Waals surface area contributed by atoms with Crippen LogP contribution in [0.1, 0.15) is 40.5 Å². The Kier molecular flexibility index (Phi) is 6.05. The molecule has 0 bridgehead atoms. The Morgan fingerprint density at radius 3 is 2.44 bits per heavy atom. The van der Waals surface area contributed by atoms with Crippen LogP contribution in [0, 0.1) is 11.3 Å². The molecule has 0 radical (unpaired) electrons. The van der Waals surface area contributed by atoms with Crippen LogP contribution < -0.4 is 0 Å². The van der Waals surface area contributed by atoms with Gasteiger partial charge in [-0.05, 0) is 27.7 Å². The number of carbonyl (C=O) groups excluding carboxylic acids is 1. The third kappa shape index (κ3) is 5.13. The first-order valence-corrected chi connectivity index (χ1v) is 5.55. The van der Waals surface area contributed by atoms with Crippen LogP contribution in [0.5, 0.6) is 0 Å². The maximum absolute atomic E-state index is 12.0. The van der Waals surface area contributed by atoms with Crippen LogP contribution in [-0.2, 0) is 9.53 Å². The number of amides is 1. The highest BCUT2D eigenvalue weighted by Crippen LogP contribution is 2.16. The molecule has 0 aromatic rings. The van der Waals surface area contributed by atoms with Gasteiger partial charge in [0.2, 0.25) is 5.91 Å². The Bertz CT molecular complexity index is 267. The molecular formula is C12H22N2O2. The number of ether oxygens (including phenoxy) is 1. The predicted octanol–water partition coefficient (Wildman–Crippen LogP) is 1.95. The second-order valence-electron chi connectivity index (χ2n) is 4.73. The summed E-state index contributed by atoms with van der Waals surface area (Å²) in [6.07, 6.45) is 0.713. The molecule has 1 amide bonds. The molecule has 0 saturated carbocycles. The van der Waals surface area contributed by atoms with Gasteiger partial charge in [0.1, 0.15) is 0 Å². The molecule has 0 aliphatic rings. The third-order valence-corrected chi connectivity index (χ3v) is 2.54. The highest BCUT2D eigenvalue weighted by molar-refractivity contribution is 5.77. The van der Waals surface area contributed by atoms with Crippen LogP contribution in [0.25, 0.3) is 0 Å². The number of hydrogen-bond acceptors (Lipinski definition) is 3. The summed E-state index contributed by atoms with van der Waals surface area (Å²) in [5.74, 6) is 0.0390. The van der Waals surface area contributed by atoms with Crippen molar-refractivity contribution < 1.29 is 9.53 Å². The SMILES string of the molecule is COC(C)(C)CC(=O)N(CCC#N)C(C)C. The normalized spacial score (nSPS) is 11.3. The zero-order valence-corrected chi connectivity index (χ0v) is 10.9. The van der Waals surface area contributed by atoms with Crippen molar-refractivity contribution in [1.29, 1.82) is 5.26 Å². The van der Waals surface area contributed by atoms with Crippen molar-refractivity contribution in [2.75, 3.05) is 13.7 Å². The lowest BCUT2D eigenvalue weighted by molar-refractivity contribution is -0.138. The Morgan fingerprint density at radius 2 is 2.06 bits per heavy atom. The van der Waals surface area contributed by atoms with Gasteiger partial charge in [0.05, 0.1) is 24.5 Å². The van der Waals surface area contributed by atoms with Gasteiger partial charge in [-0.15, -0.1) is 0 Å². The number of carbonyl (C=O) groups is 1. The van der Waals surface area contributed by atoms with Gasteiger partial charge in [0.15, 0.2) is 0 Å². The lowest BCUT2D eigenvalue weighted by atomic mass is 10.0. The summed E-state index contributed by atoms with van der Waals surface area (Å²) in [6, 6.07) is 2.18. The first-order valence-electron chi connectivity index (χ1n) is 5.55. The monoisotopic (exact) mass is 226 g/mol. The molecule has 16 heavy (non-hydrogen) atoms. The van der Waals surface area contributed by atoms with Crippen molar-refractivity contribution >= 4 is 5.91 Å². The van der Waals surface area contributed by atoms with E-state index in [4.69, 9.17) is 10.00 Å². The van der Waals surface area contributed by atoms with E-state index in [9.17, 15) is 4.79 Å². The maximum Gasteiger partial charge on any atom is 0.225 e. The van der Waals surface area contributed by atoms with Gasteiger partial charge in [0, 0.05) is 19.7 Å². The number of methoxy groups -OCH3 is 1. The van der Waals surface area contributed by atoms with Crippen molar-refractivity contribution in [3.63, 3.8) is 0 Å². The van der Waals surface area contributed by atoms with Crippen LogP contribution in [0.2, 0.25) is 0 Å². The number of nitriles is 1. The molecule has 0 N–H and O–H groups in total. The molecule has 92 valence electrons. The van der Waals surface area contributed by atoms with Crippen molar-refractivity contribution in [2.24, 2.45) is 0 Å². The predicted molar refractivity (Wildman–Crippen MR) is 62.8 cm³/mol. The Morgan fingerprint density at radius 1 is 1.50 bits per heavy atom. The summed E-state index contributed by atoms with van der Waals surface area (Å²) in [4.78, 5) is 13.7. The average Bonchev–Trinajstić information content (AvgIpc) is 2.17. The topological polar surface area (TPSA) is 53.3 Å². The minimum absolute atomic E-state index is 0.0390. The van der Waals surface area contributed by atoms with E-state index in [0.29, 0.717) is 19.4 Å². The highest BCUT2D eigenvalue weighted by Gasteiger charge is 2.25. The van der Waals surface area contributed by atoms with E-state index in [-0.39, 0.29) is 11.9 Å². The van der Waals surface area contributed by atoms with E-state index in [1.165, 1.54) is 0 Å². The summed E-state index contributed by atoms with van der Waals surface area (Å²) >= 11 is 0. The zero-order valence-electron chi connectivity index (χ0n) is 10.9. The van der Waals surface area contributed by atoms with E-state index in [2.05, 4.69) is 6.07 Å². The molecule has 4 nitrogen and oxygen atoms in total. The Labute approximate surface area is 98.2 Å². The van der Waals surface area contributed by atoms with E-state index in [1.807, 2.05) is 27.7 Å². The highest BCUT2D eigenvalue weighted by atomic mass is 16.5. The zero-order chi connectivity index (χ0) is 12.8. The maximum atomic E-state index is 12.0. The summed E-state index contributed by atoms with van der Waals surface area (Å²) in [7, 11) is 1.60. The first-order chi connectivity index (χ1) is 7.34. The molecular weight excluding hydrogens is 204 g/mol. The fourth-order valence-corrected chi connectivity index (χ4v) is 1.38. The standard InChI is InChI=1S/C12H22N2O2/c1-10(2)14(8-6-7-13)11(15)9-12(3,4)16-5/h10H,6,8-9H2,1-5H3. The summed E-state index contributed by atoms with van der Waals surface area (Å²) in [5.41, 5.74) is -0.448. The Balaban J connectivity index is 4.46. The summed E-state index contributed by atoms with van der Waals surface area (Å²) in [6.45, 7) is 8.17. The molecule has 0 aliphatic heterocycles. The van der Waals surface area contributed by atoms with E-state index in [0.717, 1.165) is 0 Å².